The Morgan fingerprint density at radius 2 is 1.84 bits per heavy atom. The molecule has 0 fully saturated rings. The molecule has 0 atom stereocenters. The van der Waals surface area contributed by atoms with Gasteiger partial charge in [0.15, 0.2) is 0 Å². The van der Waals surface area contributed by atoms with Crippen molar-refractivity contribution in [2.24, 2.45) is 5.10 Å². The molecule has 0 spiro atoms. The Kier molecular flexibility index (Phi) is 6.98. The first-order valence-corrected chi connectivity index (χ1v) is 7.96. The molecule has 2 aromatic rings. The third-order valence-corrected chi connectivity index (χ3v) is 3.44. The monoisotopic (exact) mass is 359 g/mol. The van der Waals surface area contributed by atoms with Crippen molar-refractivity contribution in [1.29, 1.82) is 0 Å². The summed E-state index contributed by atoms with van der Waals surface area (Å²) >= 11 is 5.84. The Labute approximate surface area is 150 Å². The number of ether oxygens (including phenoxy) is 1. The van der Waals surface area contributed by atoms with Crippen LogP contribution in [0.5, 0.6) is 5.75 Å². The Morgan fingerprint density at radius 1 is 1.12 bits per heavy atom. The van der Waals surface area contributed by atoms with Gasteiger partial charge in [-0.25, -0.2) is 5.43 Å². The predicted octanol–water partition coefficient (Wildman–Crippen LogP) is 3.22. The molecule has 2 N–H and O–H groups in total. The zero-order valence-corrected chi connectivity index (χ0v) is 14.4. The highest BCUT2D eigenvalue weighted by Crippen LogP contribution is 2.15. The van der Waals surface area contributed by atoms with E-state index in [-0.39, 0.29) is 24.7 Å². The van der Waals surface area contributed by atoms with E-state index in [1.54, 1.807) is 43.5 Å². The third kappa shape index (κ3) is 6.64. The molecular formula is C18H18ClN3O3. The van der Waals surface area contributed by atoms with Crippen molar-refractivity contribution in [3.63, 3.8) is 0 Å². The summed E-state index contributed by atoms with van der Waals surface area (Å²) in [6.07, 6.45) is 1.60. The first kappa shape index (κ1) is 18.5. The van der Waals surface area contributed by atoms with Crippen molar-refractivity contribution in [3.8, 4) is 5.75 Å². The number of carbonyl (C=O) groups excluding carboxylic acids is 2. The van der Waals surface area contributed by atoms with Crippen LogP contribution in [0.4, 0.5) is 5.69 Å². The van der Waals surface area contributed by atoms with E-state index in [0.29, 0.717) is 10.7 Å². The summed E-state index contributed by atoms with van der Waals surface area (Å²) in [5.41, 5.74) is 3.80. The molecule has 0 bridgehead atoms. The molecule has 25 heavy (non-hydrogen) atoms. The molecule has 0 aromatic heterocycles. The molecule has 0 aliphatic heterocycles. The number of hydrogen-bond donors (Lipinski definition) is 2. The summed E-state index contributed by atoms with van der Waals surface area (Å²) in [5, 5.41) is 7.06. The molecule has 2 aromatic carbocycles. The normalized spacial score (nSPS) is 10.5. The van der Waals surface area contributed by atoms with Crippen LogP contribution in [-0.4, -0.2) is 25.1 Å². The molecule has 7 heteroatoms. The molecular weight excluding hydrogens is 342 g/mol. The number of halogens is 1. The molecule has 0 unspecified atom stereocenters. The fourth-order valence-electron chi connectivity index (χ4n) is 1.94. The lowest BCUT2D eigenvalue weighted by Gasteiger charge is -2.05. The number of nitrogens with one attached hydrogen (secondary N) is 2. The highest BCUT2D eigenvalue weighted by molar-refractivity contribution is 6.30. The van der Waals surface area contributed by atoms with Gasteiger partial charge in [0, 0.05) is 23.6 Å². The number of rotatable bonds is 7. The van der Waals surface area contributed by atoms with Crippen molar-refractivity contribution in [2.45, 2.75) is 12.8 Å². The molecule has 0 aliphatic carbocycles. The van der Waals surface area contributed by atoms with Gasteiger partial charge in [-0.05, 0) is 48.0 Å². The van der Waals surface area contributed by atoms with Gasteiger partial charge in [0.25, 0.3) is 0 Å². The quantitative estimate of drug-likeness (QED) is 0.588. The number of hydrazone groups is 1. The lowest BCUT2D eigenvalue weighted by Crippen LogP contribution is -2.20. The maximum absolute atomic E-state index is 11.8. The maximum atomic E-state index is 11.8. The van der Waals surface area contributed by atoms with Crippen LogP contribution in [0, 0.1) is 0 Å². The van der Waals surface area contributed by atoms with Gasteiger partial charge in [0.1, 0.15) is 5.75 Å². The van der Waals surface area contributed by atoms with Gasteiger partial charge >= 0.3 is 0 Å². The van der Waals surface area contributed by atoms with Gasteiger partial charge in [0.2, 0.25) is 11.8 Å². The van der Waals surface area contributed by atoms with Crippen molar-refractivity contribution >= 4 is 35.3 Å². The SMILES string of the molecule is COc1ccc(/C=N/NC(=O)CCC(=O)Nc2cccc(Cl)c2)cc1. The van der Waals surface area contributed by atoms with Gasteiger partial charge in [-0.1, -0.05) is 17.7 Å². The van der Waals surface area contributed by atoms with Crippen LogP contribution < -0.4 is 15.5 Å². The largest absolute Gasteiger partial charge is 0.497 e. The molecule has 130 valence electrons. The lowest BCUT2D eigenvalue weighted by atomic mass is 10.2. The van der Waals surface area contributed by atoms with Crippen molar-refractivity contribution < 1.29 is 14.3 Å². The first-order chi connectivity index (χ1) is 12.1. The first-order valence-electron chi connectivity index (χ1n) is 7.58. The van der Waals surface area contributed by atoms with E-state index in [4.69, 9.17) is 16.3 Å². The molecule has 0 aliphatic rings. The molecule has 0 radical (unpaired) electrons. The van der Waals surface area contributed by atoms with Crippen molar-refractivity contribution in [1.82, 2.24) is 5.43 Å². The fraction of sp³-hybridized carbons (Fsp3) is 0.167. The smallest absolute Gasteiger partial charge is 0.240 e. The Balaban J connectivity index is 1.72. The summed E-state index contributed by atoms with van der Waals surface area (Å²) in [4.78, 5) is 23.5. The number of carbonyl (C=O) groups is 2. The van der Waals surface area contributed by atoms with Gasteiger partial charge in [-0.3, -0.25) is 9.59 Å². The standard InChI is InChI=1S/C18H18ClN3O3/c1-25-16-7-5-13(6-8-16)12-20-22-18(24)10-9-17(23)21-15-4-2-3-14(19)11-15/h2-8,11-12H,9-10H2,1H3,(H,21,23)(H,22,24)/b20-12+. The maximum Gasteiger partial charge on any atom is 0.240 e. The van der Waals surface area contributed by atoms with Gasteiger partial charge in [0.05, 0.1) is 13.3 Å². The van der Waals surface area contributed by atoms with E-state index in [0.717, 1.165) is 11.3 Å². The van der Waals surface area contributed by atoms with Gasteiger partial charge in [-0.2, -0.15) is 5.10 Å². The van der Waals surface area contributed by atoms with E-state index in [1.807, 2.05) is 12.1 Å². The minimum atomic E-state index is -0.342. The highest BCUT2D eigenvalue weighted by atomic mass is 35.5. The molecule has 0 saturated carbocycles. The van der Waals surface area contributed by atoms with Gasteiger partial charge < -0.3 is 10.1 Å². The van der Waals surface area contributed by atoms with Crippen LogP contribution in [0.15, 0.2) is 53.6 Å². The van der Waals surface area contributed by atoms with E-state index in [1.165, 1.54) is 6.21 Å². The van der Waals surface area contributed by atoms with Gasteiger partial charge in [-0.15, -0.1) is 0 Å². The summed E-state index contributed by atoms with van der Waals surface area (Å²) in [6.45, 7) is 0. The second-order valence-corrected chi connectivity index (χ2v) is 5.56. The van der Waals surface area contributed by atoms with E-state index >= 15 is 0 Å². The van der Waals surface area contributed by atoms with E-state index in [9.17, 15) is 9.59 Å². The average Bonchev–Trinajstić information content (AvgIpc) is 2.60. The topological polar surface area (TPSA) is 79.8 Å². The number of nitrogens with zero attached hydrogens (tertiary/aromatic N) is 1. The van der Waals surface area contributed by atoms with Crippen LogP contribution in [0.2, 0.25) is 5.02 Å². The average molecular weight is 360 g/mol. The Bertz CT molecular complexity index is 760. The molecule has 6 nitrogen and oxygen atoms in total. The van der Waals surface area contributed by atoms with Crippen LogP contribution in [0.3, 0.4) is 0 Å². The zero-order chi connectivity index (χ0) is 18.1. The number of anilines is 1. The minimum Gasteiger partial charge on any atom is -0.497 e. The van der Waals surface area contributed by atoms with Crippen LogP contribution >= 0.6 is 11.6 Å². The number of methoxy groups -OCH3 is 1. The fourth-order valence-corrected chi connectivity index (χ4v) is 2.13. The summed E-state index contributed by atoms with van der Waals surface area (Å²) in [5.74, 6) is 0.134. The lowest BCUT2D eigenvalue weighted by molar-refractivity contribution is -0.124. The predicted molar refractivity (Wildman–Crippen MR) is 98.0 cm³/mol. The summed E-state index contributed by atoms with van der Waals surface area (Å²) in [7, 11) is 1.59. The molecule has 2 amide bonds. The number of benzene rings is 2. The van der Waals surface area contributed by atoms with Crippen LogP contribution in [0.1, 0.15) is 18.4 Å². The molecule has 2 rings (SSSR count). The second kappa shape index (κ2) is 9.44. The third-order valence-electron chi connectivity index (χ3n) is 3.21. The van der Waals surface area contributed by atoms with E-state index < -0.39 is 0 Å². The minimum absolute atomic E-state index is 0.0341. The summed E-state index contributed by atoms with van der Waals surface area (Å²) in [6, 6.07) is 14.0. The Morgan fingerprint density at radius 3 is 2.52 bits per heavy atom. The van der Waals surface area contributed by atoms with Crippen LogP contribution in [-0.2, 0) is 9.59 Å². The Hall–Kier alpha value is -2.86. The van der Waals surface area contributed by atoms with E-state index in [2.05, 4.69) is 15.8 Å². The van der Waals surface area contributed by atoms with Crippen molar-refractivity contribution in [2.75, 3.05) is 12.4 Å². The second-order valence-electron chi connectivity index (χ2n) is 5.12. The highest BCUT2D eigenvalue weighted by Gasteiger charge is 2.07. The van der Waals surface area contributed by atoms with Crippen LogP contribution in [0.25, 0.3) is 0 Å². The molecule has 0 saturated heterocycles. The van der Waals surface area contributed by atoms with Crippen molar-refractivity contribution in [3.05, 3.63) is 59.1 Å². The number of hydrogen-bond acceptors (Lipinski definition) is 4. The summed E-state index contributed by atoms with van der Waals surface area (Å²) < 4.78 is 5.06. The molecule has 0 heterocycles. The number of amides is 2. The zero-order valence-electron chi connectivity index (χ0n) is 13.7.